The van der Waals surface area contributed by atoms with Crippen LogP contribution in [-0.2, 0) is 11.2 Å². The van der Waals surface area contributed by atoms with Gasteiger partial charge in [0, 0.05) is 19.1 Å². The molecular formula is C13H16O4S. The fraction of sp³-hybridized carbons (Fsp3) is 0.462. The van der Waals surface area contributed by atoms with Crippen LogP contribution >= 0.6 is 12.6 Å². The van der Waals surface area contributed by atoms with Crippen LogP contribution in [0.2, 0.25) is 0 Å². The molecule has 98 valence electrons. The molecule has 0 aromatic heterocycles. The minimum atomic E-state index is -0.836. The van der Waals surface area contributed by atoms with Gasteiger partial charge in [0.05, 0.1) is 6.42 Å². The highest BCUT2D eigenvalue weighted by molar-refractivity contribution is 7.81. The lowest BCUT2D eigenvalue weighted by Gasteiger charge is -2.16. The quantitative estimate of drug-likeness (QED) is 0.824. The lowest BCUT2D eigenvalue weighted by atomic mass is 10.1. The second kappa shape index (κ2) is 4.72. The van der Waals surface area contributed by atoms with Gasteiger partial charge in [0.2, 0.25) is 5.79 Å². The highest BCUT2D eigenvalue weighted by Crippen LogP contribution is 2.39. The molecular weight excluding hydrogens is 252 g/mol. The van der Waals surface area contributed by atoms with Crippen LogP contribution in [-0.4, -0.2) is 22.1 Å². The Morgan fingerprint density at radius 3 is 2.72 bits per heavy atom. The van der Waals surface area contributed by atoms with Gasteiger partial charge in [-0.1, -0.05) is 6.07 Å². The predicted octanol–water partition coefficient (Wildman–Crippen LogP) is 2.51. The summed E-state index contributed by atoms with van der Waals surface area (Å²) in [7, 11) is 0. The summed E-state index contributed by atoms with van der Waals surface area (Å²) in [6, 6.07) is 5.64. The SMILES string of the molecule is CC1(C)Oc2ccc(CC(S)CC(=O)O)cc2O1. The minimum Gasteiger partial charge on any atom is -0.481 e. The van der Waals surface area contributed by atoms with E-state index in [0.717, 1.165) is 11.3 Å². The maximum absolute atomic E-state index is 10.6. The summed E-state index contributed by atoms with van der Waals surface area (Å²) in [5.41, 5.74) is 0.997. The summed E-state index contributed by atoms with van der Waals surface area (Å²) in [6.07, 6.45) is 0.634. The summed E-state index contributed by atoms with van der Waals surface area (Å²) in [5, 5.41) is 8.49. The molecule has 1 aliphatic heterocycles. The molecule has 0 aliphatic carbocycles. The predicted molar refractivity (Wildman–Crippen MR) is 70.5 cm³/mol. The average molecular weight is 268 g/mol. The van der Waals surface area contributed by atoms with E-state index < -0.39 is 11.8 Å². The number of hydrogen-bond donors (Lipinski definition) is 2. The fourth-order valence-corrected chi connectivity index (χ4v) is 2.31. The van der Waals surface area contributed by atoms with E-state index in [4.69, 9.17) is 14.6 Å². The van der Waals surface area contributed by atoms with Crippen LogP contribution in [0.1, 0.15) is 25.8 Å². The van der Waals surface area contributed by atoms with Crippen molar-refractivity contribution in [2.75, 3.05) is 0 Å². The van der Waals surface area contributed by atoms with Crippen molar-refractivity contribution >= 4 is 18.6 Å². The van der Waals surface area contributed by atoms with E-state index in [1.54, 1.807) is 0 Å². The van der Waals surface area contributed by atoms with Crippen LogP contribution in [0.5, 0.6) is 11.5 Å². The number of ether oxygens (including phenoxy) is 2. The van der Waals surface area contributed by atoms with E-state index >= 15 is 0 Å². The van der Waals surface area contributed by atoms with E-state index in [2.05, 4.69) is 12.6 Å². The first-order valence-electron chi connectivity index (χ1n) is 5.76. The molecule has 4 nitrogen and oxygen atoms in total. The number of benzene rings is 1. The smallest absolute Gasteiger partial charge is 0.304 e. The van der Waals surface area contributed by atoms with E-state index in [1.165, 1.54) is 0 Å². The fourth-order valence-electron chi connectivity index (χ4n) is 1.94. The maximum Gasteiger partial charge on any atom is 0.304 e. The van der Waals surface area contributed by atoms with E-state index in [9.17, 15) is 4.79 Å². The summed E-state index contributed by atoms with van der Waals surface area (Å²) < 4.78 is 11.2. The first kappa shape index (κ1) is 13.1. The molecule has 1 heterocycles. The van der Waals surface area contributed by atoms with Gasteiger partial charge < -0.3 is 14.6 Å². The number of hydrogen-bond acceptors (Lipinski definition) is 4. The Hall–Kier alpha value is -1.36. The van der Waals surface area contributed by atoms with Crippen LogP contribution < -0.4 is 9.47 Å². The molecule has 5 heteroatoms. The molecule has 1 aromatic rings. The summed E-state index contributed by atoms with van der Waals surface area (Å²) in [5.74, 6) is -0.0505. The van der Waals surface area contributed by atoms with Crippen molar-refractivity contribution in [2.24, 2.45) is 0 Å². The number of thiol groups is 1. The van der Waals surface area contributed by atoms with Crippen molar-refractivity contribution in [1.82, 2.24) is 0 Å². The monoisotopic (exact) mass is 268 g/mol. The third kappa shape index (κ3) is 3.10. The molecule has 1 aliphatic rings. The molecule has 18 heavy (non-hydrogen) atoms. The van der Waals surface area contributed by atoms with E-state index in [0.29, 0.717) is 12.2 Å². The van der Waals surface area contributed by atoms with Gasteiger partial charge in [-0.2, -0.15) is 12.6 Å². The van der Waals surface area contributed by atoms with Gasteiger partial charge >= 0.3 is 5.97 Å². The first-order chi connectivity index (χ1) is 8.35. The van der Waals surface area contributed by atoms with E-state index in [1.807, 2.05) is 32.0 Å². The Kier molecular flexibility index (Phi) is 3.43. The number of aliphatic carboxylic acids is 1. The number of fused-ring (bicyclic) bond motifs is 1. The number of carboxylic acids is 1. The van der Waals surface area contributed by atoms with Crippen molar-refractivity contribution in [3.05, 3.63) is 23.8 Å². The molecule has 1 aromatic carbocycles. The Morgan fingerprint density at radius 2 is 2.06 bits per heavy atom. The molecule has 1 N–H and O–H groups in total. The van der Waals surface area contributed by atoms with Gasteiger partial charge in [-0.15, -0.1) is 0 Å². The Labute approximate surface area is 111 Å². The second-order valence-corrected chi connectivity index (χ2v) is 5.57. The molecule has 0 amide bonds. The van der Waals surface area contributed by atoms with Crippen LogP contribution in [0.15, 0.2) is 18.2 Å². The van der Waals surface area contributed by atoms with Crippen molar-refractivity contribution in [1.29, 1.82) is 0 Å². The van der Waals surface area contributed by atoms with Gasteiger partial charge in [-0.05, 0) is 24.1 Å². The first-order valence-corrected chi connectivity index (χ1v) is 6.28. The Bertz CT molecular complexity index is 470. The normalized spacial score (nSPS) is 17.5. The third-order valence-electron chi connectivity index (χ3n) is 2.60. The molecule has 1 atom stereocenters. The molecule has 0 fully saturated rings. The molecule has 0 saturated carbocycles. The molecule has 1 unspecified atom stereocenters. The molecule has 0 radical (unpaired) electrons. The zero-order chi connectivity index (χ0) is 13.3. The average Bonchev–Trinajstić information content (AvgIpc) is 2.49. The van der Waals surface area contributed by atoms with Crippen LogP contribution in [0.25, 0.3) is 0 Å². The molecule has 2 rings (SSSR count). The lowest BCUT2D eigenvalue weighted by Crippen LogP contribution is -2.29. The standard InChI is InChI=1S/C13H16O4S/c1-13(2)16-10-4-3-8(6-11(10)17-13)5-9(18)7-12(14)15/h3-4,6,9,18H,5,7H2,1-2H3,(H,14,15). The van der Waals surface area contributed by atoms with Crippen LogP contribution in [0.3, 0.4) is 0 Å². The zero-order valence-corrected chi connectivity index (χ0v) is 11.2. The highest BCUT2D eigenvalue weighted by atomic mass is 32.1. The molecule has 0 saturated heterocycles. The maximum atomic E-state index is 10.6. The Morgan fingerprint density at radius 1 is 1.39 bits per heavy atom. The Balaban J connectivity index is 2.07. The molecule has 0 bridgehead atoms. The largest absolute Gasteiger partial charge is 0.481 e. The zero-order valence-electron chi connectivity index (χ0n) is 10.3. The lowest BCUT2D eigenvalue weighted by molar-refractivity contribution is -0.136. The van der Waals surface area contributed by atoms with Crippen molar-refractivity contribution in [3.8, 4) is 11.5 Å². The number of carbonyl (C=O) groups is 1. The van der Waals surface area contributed by atoms with Crippen molar-refractivity contribution < 1.29 is 19.4 Å². The number of carboxylic acid groups (broad SMARTS) is 1. The van der Waals surface area contributed by atoms with Crippen molar-refractivity contribution in [2.45, 2.75) is 37.7 Å². The number of rotatable bonds is 4. The van der Waals surface area contributed by atoms with Gasteiger partial charge in [-0.25, -0.2) is 0 Å². The second-order valence-electron chi connectivity index (χ2n) is 4.84. The van der Waals surface area contributed by atoms with Gasteiger partial charge in [0.25, 0.3) is 0 Å². The van der Waals surface area contributed by atoms with Crippen LogP contribution in [0, 0.1) is 0 Å². The van der Waals surface area contributed by atoms with Gasteiger partial charge in [0.1, 0.15) is 0 Å². The van der Waals surface area contributed by atoms with E-state index in [-0.39, 0.29) is 11.7 Å². The summed E-state index contributed by atoms with van der Waals surface area (Å²) >= 11 is 4.27. The van der Waals surface area contributed by atoms with Gasteiger partial charge in [0.15, 0.2) is 11.5 Å². The molecule has 0 spiro atoms. The summed E-state index contributed by atoms with van der Waals surface area (Å²) in [6.45, 7) is 3.69. The highest BCUT2D eigenvalue weighted by Gasteiger charge is 2.31. The third-order valence-corrected chi connectivity index (χ3v) is 2.97. The van der Waals surface area contributed by atoms with Gasteiger partial charge in [-0.3, -0.25) is 4.79 Å². The van der Waals surface area contributed by atoms with Crippen LogP contribution in [0.4, 0.5) is 0 Å². The van der Waals surface area contributed by atoms with Crippen molar-refractivity contribution in [3.63, 3.8) is 0 Å². The minimum absolute atomic E-state index is 0.0447. The topological polar surface area (TPSA) is 55.8 Å². The summed E-state index contributed by atoms with van der Waals surface area (Å²) in [4.78, 5) is 10.6.